The van der Waals surface area contributed by atoms with Gasteiger partial charge < -0.3 is 39.4 Å². The van der Waals surface area contributed by atoms with Crippen molar-refractivity contribution < 1.29 is 46.5 Å². The zero-order valence-corrected chi connectivity index (χ0v) is 41.6. The molecule has 1 aliphatic rings. The summed E-state index contributed by atoms with van der Waals surface area (Å²) in [5, 5.41) is 5.76. The van der Waals surface area contributed by atoms with Crippen molar-refractivity contribution in [3.05, 3.63) is 143 Å². The van der Waals surface area contributed by atoms with Crippen LogP contribution in [-0.2, 0) is 42.9 Å². The molecular formula is C54H65F3N6O7S. The molecule has 2 N–H and O–H groups in total. The number of nitrogens with zero attached hydrogens (tertiary/aromatic N) is 4. The Bertz CT molecular complexity index is 2470. The van der Waals surface area contributed by atoms with E-state index in [-0.39, 0.29) is 23.9 Å². The molecule has 2 heterocycles. The number of amides is 3. The van der Waals surface area contributed by atoms with Crippen LogP contribution in [0.5, 0.6) is 0 Å². The van der Waals surface area contributed by atoms with Gasteiger partial charge in [0.1, 0.15) is 0 Å². The molecule has 71 heavy (non-hydrogen) atoms. The average molecular weight is 999 g/mol. The predicted molar refractivity (Wildman–Crippen MR) is 272 cm³/mol. The summed E-state index contributed by atoms with van der Waals surface area (Å²) >= 11 is 1.74. The zero-order chi connectivity index (χ0) is 50.4. The standard InChI is InChI=1S/C54H65F3N6O7S/c1-4-61(5-2)46-16-19-49(48(38-46)50-37-44(20-22-58-50)52(65)59-39-42-10-7-13-45(36-42)54(55,56)57)60-53(66)43-12-6-9-41(35-43)11-8-27-67-29-31-69-33-34-70-32-30-68-28-21-51(64)62-23-25-63(26-24-62)71-47-17-14-40(3)15-18-47/h6-7,9-10,12-20,22,35-38H,4-5,8,11,21,23-34,39H2,1-3H3,(H,59,65)(H,60,66). The van der Waals surface area contributed by atoms with Gasteiger partial charge in [-0.1, -0.05) is 42.0 Å². The Hall–Kier alpha value is -5.82. The third kappa shape index (κ3) is 17.8. The number of alkyl halides is 3. The minimum atomic E-state index is -4.49. The van der Waals surface area contributed by atoms with E-state index in [1.807, 2.05) is 55.1 Å². The van der Waals surface area contributed by atoms with Gasteiger partial charge in [0.2, 0.25) is 5.91 Å². The highest BCUT2D eigenvalue weighted by Gasteiger charge is 2.30. The number of benzene rings is 4. The minimum Gasteiger partial charge on any atom is -0.379 e. The number of carbonyl (C=O) groups excluding carboxylic acids is 3. The van der Waals surface area contributed by atoms with E-state index in [1.54, 1.807) is 24.1 Å². The van der Waals surface area contributed by atoms with E-state index >= 15 is 0 Å². The Kier molecular flexibility index (Phi) is 21.7. The molecule has 0 unspecified atom stereocenters. The van der Waals surface area contributed by atoms with Gasteiger partial charge in [-0.25, -0.2) is 4.31 Å². The molecule has 3 amide bonds. The molecule has 1 fully saturated rings. The lowest BCUT2D eigenvalue weighted by Gasteiger charge is -2.34. The van der Waals surface area contributed by atoms with Crippen LogP contribution in [0.15, 0.2) is 114 Å². The van der Waals surface area contributed by atoms with E-state index in [2.05, 4.69) is 56.0 Å². The number of piperazine rings is 1. The van der Waals surface area contributed by atoms with Crippen LogP contribution in [0.4, 0.5) is 24.5 Å². The van der Waals surface area contributed by atoms with E-state index in [1.165, 1.54) is 34.9 Å². The number of nitrogens with one attached hydrogen (secondary N) is 2. The number of aryl methyl sites for hydroxylation is 2. The van der Waals surface area contributed by atoms with Crippen LogP contribution in [-0.4, -0.2) is 124 Å². The first-order valence-electron chi connectivity index (χ1n) is 24.2. The molecule has 17 heteroatoms. The summed E-state index contributed by atoms with van der Waals surface area (Å²) in [5.41, 5.74) is 4.92. The van der Waals surface area contributed by atoms with Crippen molar-refractivity contribution in [2.75, 3.05) is 102 Å². The fourth-order valence-electron chi connectivity index (χ4n) is 7.80. The first kappa shape index (κ1) is 54.5. The molecule has 4 aromatic carbocycles. The minimum absolute atomic E-state index is 0.0996. The highest BCUT2D eigenvalue weighted by Crippen LogP contribution is 2.33. The van der Waals surface area contributed by atoms with Crippen molar-refractivity contribution in [2.45, 2.75) is 57.7 Å². The lowest BCUT2D eigenvalue weighted by atomic mass is 10.0. The molecule has 0 aliphatic carbocycles. The van der Waals surface area contributed by atoms with Crippen LogP contribution in [0.2, 0.25) is 0 Å². The predicted octanol–water partition coefficient (Wildman–Crippen LogP) is 9.34. The van der Waals surface area contributed by atoms with Crippen molar-refractivity contribution in [3.8, 4) is 11.3 Å². The number of aromatic nitrogens is 1. The Labute approximate surface area is 419 Å². The largest absolute Gasteiger partial charge is 0.416 e. The molecule has 6 rings (SSSR count). The molecule has 0 bridgehead atoms. The van der Waals surface area contributed by atoms with Gasteiger partial charge in [-0.2, -0.15) is 13.2 Å². The van der Waals surface area contributed by atoms with Crippen molar-refractivity contribution in [1.82, 2.24) is 19.5 Å². The number of hydrogen-bond acceptors (Lipinski definition) is 11. The van der Waals surface area contributed by atoms with Gasteiger partial charge in [0.25, 0.3) is 11.8 Å². The van der Waals surface area contributed by atoms with Crippen LogP contribution in [0.25, 0.3) is 11.3 Å². The van der Waals surface area contributed by atoms with E-state index < -0.39 is 17.6 Å². The van der Waals surface area contributed by atoms with Crippen molar-refractivity contribution >= 4 is 41.0 Å². The molecule has 0 spiro atoms. The second kappa shape index (κ2) is 28.3. The number of anilines is 2. The molecule has 5 aromatic rings. The van der Waals surface area contributed by atoms with Gasteiger partial charge in [-0.15, -0.1) is 0 Å². The maximum absolute atomic E-state index is 13.7. The lowest BCUT2D eigenvalue weighted by Crippen LogP contribution is -2.46. The monoisotopic (exact) mass is 998 g/mol. The zero-order valence-electron chi connectivity index (χ0n) is 40.8. The summed E-state index contributed by atoms with van der Waals surface area (Å²) in [5.74, 6) is -0.679. The number of hydrogen-bond donors (Lipinski definition) is 2. The highest BCUT2D eigenvalue weighted by atomic mass is 32.2. The van der Waals surface area contributed by atoms with Gasteiger partial charge >= 0.3 is 6.18 Å². The smallest absolute Gasteiger partial charge is 0.379 e. The van der Waals surface area contributed by atoms with Gasteiger partial charge in [0, 0.05) is 85.9 Å². The summed E-state index contributed by atoms with van der Waals surface area (Å²) in [6.45, 7) is 14.1. The van der Waals surface area contributed by atoms with Gasteiger partial charge in [-0.05, 0) is 123 Å². The topological polar surface area (TPSA) is 135 Å². The fraction of sp³-hybridized carbons (Fsp3) is 0.407. The van der Waals surface area contributed by atoms with Crippen molar-refractivity contribution in [3.63, 3.8) is 0 Å². The number of pyridine rings is 1. The van der Waals surface area contributed by atoms with Crippen molar-refractivity contribution in [1.29, 1.82) is 0 Å². The van der Waals surface area contributed by atoms with Gasteiger partial charge in [-0.3, -0.25) is 19.4 Å². The van der Waals surface area contributed by atoms with Crippen LogP contribution < -0.4 is 15.5 Å². The first-order chi connectivity index (χ1) is 34.4. The van der Waals surface area contributed by atoms with Gasteiger partial charge in [0.05, 0.1) is 69.6 Å². The lowest BCUT2D eigenvalue weighted by molar-refractivity contribution is -0.137. The highest BCUT2D eigenvalue weighted by molar-refractivity contribution is 7.97. The van der Waals surface area contributed by atoms with Crippen molar-refractivity contribution in [2.24, 2.45) is 0 Å². The third-order valence-electron chi connectivity index (χ3n) is 11.8. The quantitative estimate of drug-likeness (QED) is 0.0385. The Balaban J connectivity index is 0.859. The number of halogens is 3. The molecule has 13 nitrogen and oxygen atoms in total. The summed E-state index contributed by atoms with van der Waals surface area (Å²) in [6, 6.07) is 29.5. The first-order valence-corrected chi connectivity index (χ1v) is 25.0. The van der Waals surface area contributed by atoms with E-state index in [9.17, 15) is 27.6 Å². The molecule has 0 saturated carbocycles. The SMILES string of the molecule is CCN(CC)c1ccc(NC(=O)c2cccc(CCCOCCOCCOCCOCCC(=O)N3CCN(Sc4ccc(C)cc4)CC3)c2)c(-c2cc(C(=O)NCc3cccc(C(F)(F)F)c3)ccn2)c1. The van der Waals surface area contributed by atoms with E-state index in [0.29, 0.717) is 93.8 Å². The molecule has 0 atom stereocenters. The normalized spacial score (nSPS) is 13.0. The maximum atomic E-state index is 13.7. The number of carbonyl (C=O) groups is 3. The summed E-state index contributed by atoms with van der Waals surface area (Å²) in [4.78, 5) is 49.5. The Morgan fingerprint density at radius 3 is 2.04 bits per heavy atom. The van der Waals surface area contributed by atoms with E-state index in [0.717, 1.165) is 69.1 Å². The fourth-order valence-corrected chi connectivity index (χ4v) is 8.70. The van der Waals surface area contributed by atoms with Crippen LogP contribution >= 0.6 is 11.9 Å². The van der Waals surface area contributed by atoms with Crippen LogP contribution in [0.3, 0.4) is 0 Å². The second-order valence-corrected chi connectivity index (χ2v) is 18.1. The van der Waals surface area contributed by atoms with Crippen LogP contribution in [0, 0.1) is 6.92 Å². The molecular weight excluding hydrogens is 934 g/mol. The molecule has 1 aromatic heterocycles. The summed E-state index contributed by atoms with van der Waals surface area (Å²) in [7, 11) is 0. The third-order valence-corrected chi connectivity index (χ3v) is 12.9. The maximum Gasteiger partial charge on any atom is 0.416 e. The van der Waals surface area contributed by atoms with Gasteiger partial charge in [0.15, 0.2) is 0 Å². The molecule has 380 valence electrons. The average Bonchev–Trinajstić information content (AvgIpc) is 3.38. The van der Waals surface area contributed by atoms with E-state index in [4.69, 9.17) is 18.9 Å². The summed E-state index contributed by atoms with van der Waals surface area (Å²) < 4.78 is 64.7. The molecule has 1 aliphatic heterocycles. The Morgan fingerprint density at radius 1 is 0.704 bits per heavy atom. The summed E-state index contributed by atoms with van der Waals surface area (Å²) in [6.07, 6.45) is -1.20. The molecule has 1 saturated heterocycles. The van der Waals surface area contributed by atoms with Crippen LogP contribution in [0.1, 0.15) is 69.7 Å². The number of rotatable bonds is 27. The number of ether oxygens (including phenoxy) is 4. The second-order valence-electron chi connectivity index (χ2n) is 16.9. The Morgan fingerprint density at radius 2 is 1.35 bits per heavy atom. The molecule has 0 radical (unpaired) electrons.